The highest BCUT2D eigenvalue weighted by molar-refractivity contribution is 5.90. The second kappa shape index (κ2) is 22.6. The number of hydrogen-bond acceptors (Lipinski definition) is 7. The van der Waals surface area contributed by atoms with E-state index in [2.05, 4.69) is 12.2 Å². The number of amides is 3. The Kier molecular flexibility index (Phi) is 19.1. The van der Waals surface area contributed by atoms with Crippen molar-refractivity contribution in [2.45, 2.75) is 129 Å². The number of carbonyl (C=O) groups is 3. The van der Waals surface area contributed by atoms with Gasteiger partial charge in [0.25, 0.3) is 0 Å². The number of nitrogens with one attached hydrogen (secondary N) is 1. The van der Waals surface area contributed by atoms with Crippen LogP contribution in [0.4, 0.5) is 9.59 Å². The summed E-state index contributed by atoms with van der Waals surface area (Å²) in [4.78, 5) is 37.4. The standard InChI is InChI=1S/C33H55N3O7/c1-3-4-5-6-7-8-9-10-11-12-13-14-15-16-18-21-34-32(38)42-26-29-23-31(41-25-29)27-43-33(39)35(28(2)37)24-30-20-17-19-22-36(30)40/h17,19-20,22,29,31H,3-16,18,21,23-27H2,1-2H3,(H,34,38)/t29-,31+/m1/s1. The van der Waals surface area contributed by atoms with Gasteiger partial charge in [-0.2, -0.15) is 4.73 Å². The Hall–Kier alpha value is -2.88. The third kappa shape index (κ3) is 16.5. The van der Waals surface area contributed by atoms with Crippen LogP contribution in [0.5, 0.6) is 0 Å². The largest absolute Gasteiger partial charge is 0.618 e. The van der Waals surface area contributed by atoms with Crippen molar-refractivity contribution >= 4 is 18.1 Å². The van der Waals surface area contributed by atoms with Crippen molar-refractivity contribution in [2.24, 2.45) is 5.92 Å². The molecule has 2 rings (SSSR count). The van der Waals surface area contributed by atoms with Crippen LogP contribution in [0.25, 0.3) is 0 Å². The van der Waals surface area contributed by atoms with E-state index in [4.69, 9.17) is 14.2 Å². The number of aromatic nitrogens is 1. The summed E-state index contributed by atoms with van der Waals surface area (Å²) >= 11 is 0. The van der Waals surface area contributed by atoms with Crippen LogP contribution in [0.1, 0.15) is 122 Å². The van der Waals surface area contributed by atoms with E-state index in [0.717, 1.165) is 17.7 Å². The Labute approximate surface area is 258 Å². The first kappa shape index (κ1) is 36.3. The molecule has 1 aromatic heterocycles. The lowest BCUT2D eigenvalue weighted by Crippen LogP contribution is -2.41. The molecule has 1 saturated heterocycles. The van der Waals surface area contributed by atoms with Gasteiger partial charge in [0, 0.05) is 31.5 Å². The van der Waals surface area contributed by atoms with Crippen molar-refractivity contribution < 1.29 is 33.3 Å². The molecule has 10 nitrogen and oxygen atoms in total. The van der Waals surface area contributed by atoms with Gasteiger partial charge in [0.05, 0.1) is 19.3 Å². The minimum Gasteiger partial charge on any atom is -0.618 e. The molecule has 1 aliphatic rings. The van der Waals surface area contributed by atoms with E-state index < -0.39 is 18.1 Å². The van der Waals surface area contributed by atoms with Crippen LogP contribution in [0.2, 0.25) is 0 Å². The summed E-state index contributed by atoms with van der Waals surface area (Å²) in [6, 6.07) is 4.76. The number of nitrogens with zero attached hydrogens (tertiary/aromatic N) is 2. The lowest BCUT2D eigenvalue weighted by molar-refractivity contribution is -0.614. The van der Waals surface area contributed by atoms with E-state index in [9.17, 15) is 19.6 Å². The zero-order valence-electron chi connectivity index (χ0n) is 26.6. The zero-order valence-corrected chi connectivity index (χ0v) is 26.6. The molecule has 0 saturated carbocycles. The number of rotatable bonds is 22. The first-order chi connectivity index (χ1) is 20.9. The monoisotopic (exact) mass is 605 g/mol. The summed E-state index contributed by atoms with van der Waals surface area (Å²) in [7, 11) is 0. The Morgan fingerprint density at radius 2 is 1.51 bits per heavy atom. The fraction of sp³-hybridized carbons (Fsp3) is 0.758. The molecule has 2 heterocycles. The highest BCUT2D eigenvalue weighted by Gasteiger charge is 2.29. The molecule has 3 amide bonds. The first-order valence-electron chi connectivity index (χ1n) is 16.5. The quantitative estimate of drug-likeness (QED) is 0.0876. The second-order valence-corrected chi connectivity index (χ2v) is 11.7. The molecular formula is C33H55N3O7. The number of carbonyl (C=O) groups excluding carboxylic acids is 3. The Bertz CT molecular complexity index is 930. The molecule has 43 heavy (non-hydrogen) atoms. The molecule has 1 aliphatic heterocycles. The van der Waals surface area contributed by atoms with Gasteiger partial charge in [-0.05, 0) is 18.9 Å². The van der Waals surface area contributed by atoms with Gasteiger partial charge < -0.3 is 24.7 Å². The number of hydrogen-bond donors (Lipinski definition) is 1. The number of imide groups is 1. The minimum atomic E-state index is -0.835. The maximum Gasteiger partial charge on any atom is 0.417 e. The van der Waals surface area contributed by atoms with Crippen LogP contribution in [0, 0.1) is 11.1 Å². The van der Waals surface area contributed by atoms with Gasteiger partial charge >= 0.3 is 12.2 Å². The molecule has 1 fully saturated rings. The van der Waals surface area contributed by atoms with Gasteiger partial charge in [-0.1, -0.05) is 96.8 Å². The van der Waals surface area contributed by atoms with Crippen LogP contribution in [0.15, 0.2) is 24.4 Å². The fourth-order valence-electron chi connectivity index (χ4n) is 5.24. The normalized spacial score (nSPS) is 16.1. The molecular weight excluding hydrogens is 550 g/mol. The maximum absolute atomic E-state index is 12.5. The topological polar surface area (TPSA) is 121 Å². The van der Waals surface area contributed by atoms with Crippen LogP contribution in [0.3, 0.4) is 0 Å². The summed E-state index contributed by atoms with van der Waals surface area (Å²) in [5.41, 5.74) is 0.252. The second-order valence-electron chi connectivity index (χ2n) is 11.7. The SMILES string of the molecule is CCCCCCCCCCCCCCCCCNC(=O)OC[C@H]1CO[C@H](COC(=O)N(Cc2cccc[n+]2[O-])C(C)=O)C1. The molecule has 10 heteroatoms. The van der Waals surface area contributed by atoms with Gasteiger partial charge in [0.1, 0.15) is 13.2 Å². The average molecular weight is 606 g/mol. The molecule has 2 atom stereocenters. The minimum absolute atomic E-state index is 0.00731. The molecule has 0 spiro atoms. The molecule has 0 aliphatic carbocycles. The molecule has 0 unspecified atom stereocenters. The average Bonchev–Trinajstić information content (AvgIpc) is 3.46. The third-order valence-corrected chi connectivity index (χ3v) is 7.88. The molecule has 0 bridgehead atoms. The van der Waals surface area contributed by atoms with Gasteiger partial charge in [-0.3, -0.25) is 4.79 Å². The Morgan fingerprint density at radius 3 is 2.09 bits per heavy atom. The Balaban J connectivity index is 1.44. The lowest BCUT2D eigenvalue weighted by Gasteiger charge is -2.19. The van der Waals surface area contributed by atoms with E-state index in [-0.39, 0.29) is 37.5 Å². The highest BCUT2D eigenvalue weighted by Crippen LogP contribution is 2.21. The maximum atomic E-state index is 12.5. The number of ether oxygens (including phenoxy) is 3. The Morgan fingerprint density at radius 1 is 0.907 bits per heavy atom. The summed E-state index contributed by atoms with van der Waals surface area (Å²) in [6.07, 6.45) is 19.9. The predicted molar refractivity (Wildman–Crippen MR) is 165 cm³/mol. The number of alkyl carbamates (subject to hydrolysis) is 1. The summed E-state index contributed by atoms with van der Waals surface area (Å²) in [5, 5.41) is 14.7. The van der Waals surface area contributed by atoms with Crippen molar-refractivity contribution in [1.29, 1.82) is 0 Å². The van der Waals surface area contributed by atoms with Gasteiger partial charge in [0.15, 0.2) is 6.20 Å². The third-order valence-electron chi connectivity index (χ3n) is 7.88. The molecule has 1 aromatic rings. The van der Waals surface area contributed by atoms with Crippen molar-refractivity contribution in [3.8, 4) is 0 Å². The summed E-state index contributed by atoms with van der Waals surface area (Å²) < 4.78 is 16.9. The number of unbranched alkanes of at least 4 members (excludes halogenated alkanes) is 14. The van der Waals surface area contributed by atoms with Crippen LogP contribution >= 0.6 is 0 Å². The van der Waals surface area contributed by atoms with Gasteiger partial charge in [-0.25, -0.2) is 14.5 Å². The van der Waals surface area contributed by atoms with Crippen LogP contribution < -0.4 is 10.0 Å². The lowest BCUT2D eigenvalue weighted by atomic mass is 10.0. The molecule has 244 valence electrons. The van der Waals surface area contributed by atoms with Crippen molar-refractivity contribution in [2.75, 3.05) is 26.4 Å². The highest BCUT2D eigenvalue weighted by atomic mass is 16.6. The van der Waals surface area contributed by atoms with E-state index in [0.29, 0.717) is 24.3 Å². The predicted octanol–water partition coefficient (Wildman–Crippen LogP) is 6.81. The van der Waals surface area contributed by atoms with E-state index in [1.54, 1.807) is 12.1 Å². The van der Waals surface area contributed by atoms with Crippen LogP contribution in [-0.2, 0) is 25.5 Å². The van der Waals surface area contributed by atoms with Gasteiger partial charge in [0.2, 0.25) is 11.6 Å². The smallest absolute Gasteiger partial charge is 0.417 e. The molecule has 0 aromatic carbocycles. The summed E-state index contributed by atoms with van der Waals surface area (Å²) in [5.74, 6) is -0.518. The van der Waals surface area contributed by atoms with Crippen molar-refractivity contribution in [3.63, 3.8) is 0 Å². The zero-order chi connectivity index (χ0) is 31.1. The molecule has 0 radical (unpaired) electrons. The molecule has 1 N–H and O–H groups in total. The fourth-order valence-corrected chi connectivity index (χ4v) is 5.24. The van der Waals surface area contributed by atoms with Gasteiger partial charge in [-0.15, -0.1) is 0 Å². The van der Waals surface area contributed by atoms with Crippen molar-refractivity contribution in [3.05, 3.63) is 35.3 Å². The van der Waals surface area contributed by atoms with E-state index in [1.165, 1.54) is 103 Å². The number of pyridine rings is 1. The van der Waals surface area contributed by atoms with E-state index >= 15 is 0 Å². The van der Waals surface area contributed by atoms with Crippen LogP contribution in [-0.4, -0.2) is 55.5 Å². The van der Waals surface area contributed by atoms with Crippen molar-refractivity contribution in [1.82, 2.24) is 10.2 Å². The summed E-state index contributed by atoms with van der Waals surface area (Å²) in [6.45, 7) is 4.52. The first-order valence-corrected chi connectivity index (χ1v) is 16.5. The van der Waals surface area contributed by atoms with E-state index in [1.807, 2.05) is 0 Å².